The quantitative estimate of drug-likeness (QED) is 0.202. The monoisotopic (exact) mass is 487 g/mol. The maximum Gasteiger partial charge on any atom is 0.352 e. The molecule has 0 saturated carbocycles. The van der Waals surface area contributed by atoms with Gasteiger partial charge in [0.25, 0.3) is 11.8 Å². The number of nitrogens with two attached hydrogens (primary N) is 1. The summed E-state index contributed by atoms with van der Waals surface area (Å²) in [4.78, 5) is 57.6. The van der Waals surface area contributed by atoms with E-state index in [4.69, 9.17) is 10.8 Å². The maximum absolute atomic E-state index is 12.8. The van der Waals surface area contributed by atoms with E-state index in [2.05, 4.69) is 20.3 Å². The van der Waals surface area contributed by atoms with Gasteiger partial charge in [-0.2, -0.15) is 11.8 Å². The number of amides is 2. The molecule has 1 saturated heterocycles. The second-order valence-corrected chi connectivity index (χ2v) is 9.09. The Bertz CT molecular complexity index is 992. The SMILES string of the molecule is CSCC1=C(C(=O)O)N2C(=O)[C@@H](NC(=O)/C(=N\OCC(=O)O)c3csc(N)n3)[C@H]2SC1. The standard InChI is InChI=1S/C16H17N5O7S3/c1-29-3-6-4-30-14-10(13(25)21(14)11(6)15(26)27)19-12(24)9(20-28-2-8(22)23)7-5-31-16(17)18-7/h5,10,14H,2-4H2,1H3,(H2,17,18)(H,19,24)(H,22,23)(H,26,27)/b20-9-/t10-,14-/m1/s1. The molecule has 1 fully saturated rings. The van der Waals surface area contributed by atoms with Crippen molar-refractivity contribution in [1.82, 2.24) is 15.2 Å². The number of carbonyl (C=O) groups is 4. The fourth-order valence-corrected chi connectivity index (χ4v) is 5.54. The highest BCUT2D eigenvalue weighted by Crippen LogP contribution is 2.40. The van der Waals surface area contributed by atoms with Gasteiger partial charge in [-0.15, -0.1) is 23.1 Å². The Morgan fingerprint density at radius 3 is 2.77 bits per heavy atom. The summed E-state index contributed by atoms with van der Waals surface area (Å²) in [6.07, 6.45) is 1.84. The van der Waals surface area contributed by atoms with Crippen molar-refractivity contribution in [3.8, 4) is 0 Å². The summed E-state index contributed by atoms with van der Waals surface area (Å²) >= 11 is 3.83. The molecule has 1 aromatic rings. The zero-order valence-electron chi connectivity index (χ0n) is 15.9. The lowest BCUT2D eigenvalue weighted by Gasteiger charge is -2.49. The normalized spacial score (nSPS) is 20.7. The van der Waals surface area contributed by atoms with E-state index in [1.807, 2.05) is 6.26 Å². The number of carboxylic acids is 2. The van der Waals surface area contributed by atoms with Gasteiger partial charge in [-0.25, -0.2) is 14.6 Å². The lowest BCUT2D eigenvalue weighted by Crippen LogP contribution is -2.71. The van der Waals surface area contributed by atoms with E-state index in [-0.39, 0.29) is 22.2 Å². The molecule has 2 atom stereocenters. The Labute approximate surface area is 187 Å². The molecule has 31 heavy (non-hydrogen) atoms. The molecule has 0 bridgehead atoms. The van der Waals surface area contributed by atoms with Crippen molar-refractivity contribution in [1.29, 1.82) is 0 Å². The molecule has 2 amide bonds. The molecular weight excluding hydrogens is 470 g/mol. The molecular formula is C16H17N5O7S3. The highest BCUT2D eigenvalue weighted by atomic mass is 32.2. The van der Waals surface area contributed by atoms with E-state index < -0.39 is 41.8 Å². The zero-order valence-corrected chi connectivity index (χ0v) is 18.4. The first-order valence-corrected chi connectivity index (χ1v) is 11.9. The van der Waals surface area contributed by atoms with Crippen LogP contribution in [0.3, 0.4) is 0 Å². The van der Waals surface area contributed by atoms with E-state index in [9.17, 15) is 24.3 Å². The number of oxime groups is 1. The molecule has 15 heteroatoms. The third kappa shape index (κ3) is 4.77. The first kappa shape index (κ1) is 22.9. The number of hydrogen-bond donors (Lipinski definition) is 4. The molecule has 2 aliphatic rings. The summed E-state index contributed by atoms with van der Waals surface area (Å²) < 4.78 is 0. The molecule has 0 unspecified atom stereocenters. The van der Waals surface area contributed by atoms with Crippen molar-refractivity contribution in [3.05, 3.63) is 22.3 Å². The molecule has 0 spiro atoms. The van der Waals surface area contributed by atoms with Crippen LogP contribution in [0.5, 0.6) is 0 Å². The van der Waals surface area contributed by atoms with Crippen LogP contribution in [0.2, 0.25) is 0 Å². The van der Waals surface area contributed by atoms with E-state index in [1.165, 1.54) is 33.8 Å². The minimum Gasteiger partial charge on any atom is -0.479 e. The second-order valence-electron chi connectivity index (χ2n) is 6.23. The van der Waals surface area contributed by atoms with Gasteiger partial charge in [-0.3, -0.25) is 14.5 Å². The predicted molar refractivity (Wildman–Crippen MR) is 115 cm³/mol. The molecule has 0 aliphatic carbocycles. The number of β-lactam (4-membered cyclic amide) rings is 1. The summed E-state index contributed by atoms with van der Waals surface area (Å²) in [5.41, 5.74) is 5.87. The van der Waals surface area contributed by atoms with Crippen LogP contribution >= 0.6 is 34.9 Å². The van der Waals surface area contributed by atoms with Crippen LogP contribution in [0.4, 0.5) is 5.13 Å². The molecule has 5 N–H and O–H groups in total. The lowest BCUT2D eigenvalue weighted by molar-refractivity contribution is -0.150. The van der Waals surface area contributed by atoms with E-state index in [1.54, 1.807) is 0 Å². The number of nitrogens with zero attached hydrogens (tertiary/aromatic N) is 3. The number of rotatable bonds is 9. The molecule has 2 aliphatic heterocycles. The number of aliphatic carboxylic acids is 2. The Morgan fingerprint density at radius 1 is 1.45 bits per heavy atom. The van der Waals surface area contributed by atoms with Crippen LogP contribution in [0, 0.1) is 0 Å². The Morgan fingerprint density at radius 2 is 2.19 bits per heavy atom. The van der Waals surface area contributed by atoms with Gasteiger partial charge >= 0.3 is 11.9 Å². The number of carboxylic acid groups (broad SMARTS) is 2. The van der Waals surface area contributed by atoms with Gasteiger partial charge in [0, 0.05) is 16.9 Å². The Hall–Kier alpha value is -2.78. The van der Waals surface area contributed by atoms with Crippen molar-refractivity contribution in [2.24, 2.45) is 5.16 Å². The third-order valence-corrected chi connectivity index (χ3v) is 6.83. The predicted octanol–water partition coefficient (Wildman–Crippen LogP) is -0.368. The van der Waals surface area contributed by atoms with Gasteiger partial charge in [0.15, 0.2) is 10.8 Å². The number of thiazole rings is 1. The molecule has 0 aromatic carbocycles. The van der Waals surface area contributed by atoms with Gasteiger partial charge in [-0.1, -0.05) is 5.16 Å². The molecule has 166 valence electrons. The number of nitrogen functional groups attached to an aromatic ring is 1. The van der Waals surface area contributed by atoms with Crippen molar-refractivity contribution in [2.75, 3.05) is 30.1 Å². The molecule has 3 rings (SSSR count). The number of hydrogen-bond acceptors (Lipinski definition) is 11. The maximum atomic E-state index is 12.8. The van der Waals surface area contributed by atoms with Crippen molar-refractivity contribution in [3.63, 3.8) is 0 Å². The summed E-state index contributed by atoms with van der Waals surface area (Å²) in [7, 11) is 0. The van der Waals surface area contributed by atoms with Gasteiger partial charge in [0.2, 0.25) is 6.61 Å². The van der Waals surface area contributed by atoms with Gasteiger partial charge < -0.3 is 26.1 Å². The van der Waals surface area contributed by atoms with E-state index in [0.717, 1.165) is 11.3 Å². The smallest absolute Gasteiger partial charge is 0.352 e. The molecule has 3 heterocycles. The number of carbonyl (C=O) groups excluding carboxylic acids is 2. The summed E-state index contributed by atoms with van der Waals surface area (Å²) in [5, 5.41) is 25.3. The molecule has 12 nitrogen and oxygen atoms in total. The first-order chi connectivity index (χ1) is 14.7. The van der Waals surface area contributed by atoms with Gasteiger partial charge in [-0.05, 0) is 11.8 Å². The van der Waals surface area contributed by atoms with E-state index in [0.29, 0.717) is 17.1 Å². The third-order valence-electron chi connectivity index (χ3n) is 4.18. The largest absolute Gasteiger partial charge is 0.479 e. The average Bonchev–Trinajstić information content (AvgIpc) is 3.14. The fourth-order valence-electron chi connectivity index (χ4n) is 2.93. The Kier molecular flexibility index (Phi) is 7.07. The minimum absolute atomic E-state index is 0.0543. The summed E-state index contributed by atoms with van der Waals surface area (Å²) in [6, 6.07) is -0.983. The first-order valence-electron chi connectivity index (χ1n) is 8.57. The van der Waals surface area contributed by atoms with Crippen LogP contribution in [0.15, 0.2) is 21.8 Å². The Balaban J connectivity index is 1.78. The van der Waals surface area contributed by atoms with Crippen LogP contribution in [-0.4, -0.2) is 85.3 Å². The van der Waals surface area contributed by atoms with Gasteiger partial charge in [0.1, 0.15) is 22.8 Å². The average molecular weight is 488 g/mol. The minimum atomic E-state index is -1.29. The topological polar surface area (TPSA) is 185 Å². The number of anilines is 1. The van der Waals surface area contributed by atoms with E-state index >= 15 is 0 Å². The highest BCUT2D eigenvalue weighted by molar-refractivity contribution is 8.00. The van der Waals surface area contributed by atoms with Gasteiger partial charge in [0.05, 0.1) is 0 Å². The number of fused-ring (bicyclic) bond motifs is 1. The van der Waals surface area contributed by atoms with Crippen LogP contribution in [0.1, 0.15) is 5.69 Å². The van der Waals surface area contributed by atoms with Crippen molar-refractivity contribution >= 4 is 69.5 Å². The number of aromatic nitrogens is 1. The number of nitrogens with one attached hydrogen (secondary N) is 1. The highest BCUT2D eigenvalue weighted by Gasteiger charge is 2.54. The van der Waals surface area contributed by atoms with Crippen LogP contribution < -0.4 is 11.1 Å². The van der Waals surface area contributed by atoms with Crippen LogP contribution in [-0.2, 0) is 24.0 Å². The van der Waals surface area contributed by atoms with Crippen LogP contribution in [0.25, 0.3) is 0 Å². The lowest BCUT2D eigenvalue weighted by atomic mass is 10.0. The fraction of sp³-hybridized carbons (Fsp3) is 0.375. The number of thioether (sulfide) groups is 2. The molecule has 1 aromatic heterocycles. The summed E-state index contributed by atoms with van der Waals surface area (Å²) in [6.45, 7) is -0.782. The second kappa shape index (κ2) is 9.57. The summed E-state index contributed by atoms with van der Waals surface area (Å²) in [5.74, 6) is -3.00. The molecule has 0 radical (unpaired) electrons. The zero-order chi connectivity index (χ0) is 22.7. The van der Waals surface area contributed by atoms with Crippen molar-refractivity contribution in [2.45, 2.75) is 11.4 Å². The van der Waals surface area contributed by atoms with Crippen molar-refractivity contribution < 1.29 is 34.2 Å².